The number of thiazole rings is 1. The second-order valence-electron chi connectivity index (χ2n) is 5.28. The van der Waals surface area contributed by atoms with E-state index >= 15 is 0 Å². The van der Waals surface area contributed by atoms with Gasteiger partial charge in [0.15, 0.2) is 0 Å². The van der Waals surface area contributed by atoms with E-state index in [-0.39, 0.29) is 5.91 Å². The van der Waals surface area contributed by atoms with Crippen molar-refractivity contribution in [2.45, 2.75) is 0 Å². The van der Waals surface area contributed by atoms with E-state index < -0.39 is 5.91 Å². The number of carbonyl (C=O) groups is 2. The molecule has 0 saturated carbocycles. The fourth-order valence-corrected chi connectivity index (χ4v) is 2.97. The number of aromatic nitrogens is 3. The van der Waals surface area contributed by atoms with Gasteiger partial charge in [-0.25, -0.2) is 10.5 Å². The zero-order valence-electron chi connectivity index (χ0n) is 13.7. The highest BCUT2D eigenvalue weighted by molar-refractivity contribution is 7.17. The maximum absolute atomic E-state index is 12.5. The van der Waals surface area contributed by atoms with Crippen LogP contribution in [0.1, 0.15) is 15.2 Å². The predicted molar refractivity (Wildman–Crippen MR) is 97.7 cm³/mol. The molecule has 0 radical (unpaired) electrons. The number of rotatable bonds is 5. The normalized spacial score (nSPS) is 10.8. The second kappa shape index (κ2) is 7.72. The number of hydroxylamine groups is 1. The highest BCUT2D eigenvalue weighted by atomic mass is 32.1. The van der Waals surface area contributed by atoms with Crippen molar-refractivity contribution in [3.8, 4) is 10.6 Å². The lowest BCUT2D eigenvalue weighted by molar-refractivity contribution is -0.124. The standard InChI is InChI=1S/C17H15N5O3S/c1-22-10-12(8-19-22)17-18-9-14(26-17)16(24)20-13-5-3-2-4-11(13)6-7-15(23)21-25/h2-10,25H,1H3,(H,20,24)(H,21,23). The average Bonchev–Trinajstić information content (AvgIpc) is 3.29. The lowest BCUT2D eigenvalue weighted by Crippen LogP contribution is -2.15. The molecular formula is C17H15N5O3S. The Morgan fingerprint density at radius 2 is 2.08 bits per heavy atom. The van der Waals surface area contributed by atoms with Gasteiger partial charge in [-0.15, -0.1) is 11.3 Å². The minimum absolute atomic E-state index is 0.301. The summed E-state index contributed by atoms with van der Waals surface area (Å²) < 4.78 is 1.67. The molecular weight excluding hydrogens is 354 g/mol. The Labute approximate surface area is 152 Å². The fraction of sp³-hybridized carbons (Fsp3) is 0.0588. The summed E-state index contributed by atoms with van der Waals surface area (Å²) in [4.78, 5) is 28.4. The zero-order chi connectivity index (χ0) is 18.5. The van der Waals surface area contributed by atoms with Gasteiger partial charge in [-0.2, -0.15) is 5.10 Å². The molecule has 0 aliphatic heterocycles. The van der Waals surface area contributed by atoms with E-state index in [1.165, 1.54) is 29.1 Å². The Kier molecular flexibility index (Phi) is 5.20. The van der Waals surface area contributed by atoms with Crippen LogP contribution in [-0.2, 0) is 11.8 Å². The Morgan fingerprint density at radius 3 is 2.81 bits per heavy atom. The van der Waals surface area contributed by atoms with Crippen LogP contribution in [0.2, 0.25) is 0 Å². The van der Waals surface area contributed by atoms with E-state index in [0.717, 1.165) is 11.6 Å². The van der Waals surface area contributed by atoms with E-state index in [0.29, 0.717) is 21.1 Å². The third-order valence-electron chi connectivity index (χ3n) is 3.41. The molecule has 2 aromatic heterocycles. The summed E-state index contributed by atoms with van der Waals surface area (Å²) in [6.07, 6.45) is 7.69. The van der Waals surface area contributed by atoms with Crippen LogP contribution in [0.3, 0.4) is 0 Å². The summed E-state index contributed by atoms with van der Waals surface area (Å²) in [5.41, 5.74) is 3.52. The molecule has 3 N–H and O–H groups in total. The molecule has 3 aromatic rings. The van der Waals surface area contributed by atoms with Gasteiger partial charge >= 0.3 is 0 Å². The Morgan fingerprint density at radius 1 is 1.27 bits per heavy atom. The molecule has 0 unspecified atom stereocenters. The molecule has 0 atom stereocenters. The summed E-state index contributed by atoms with van der Waals surface area (Å²) >= 11 is 1.26. The number of amides is 2. The van der Waals surface area contributed by atoms with Crippen molar-refractivity contribution in [3.63, 3.8) is 0 Å². The smallest absolute Gasteiger partial charge is 0.267 e. The van der Waals surface area contributed by atoms with Gasteiger partial charge in [0.1, 0.15) is 9.88 Å². The first kappa shape index (κ1) is 17.5. The first-order valence-electron chi connectivity index (χ1n) is 7.54. The van der Waals surface area contributed by atoms with Crippen molar-refractivity contribution in [1.82, 2.24) is 20.2 Å². The number of nitrogens with one attached hydrogen (secondary N) is 2. The first-order valence-corrected chi connectivity index (χ1v) is 8.36. The molecule has 8 nitrogen and oxygen atoms in total. The molecule has 0 aliphatic carbocycles. The van der Waals surface area contributed by atoms with E-state index in [1.54, 1.807) is 35.1 Å². The van der Waals surface area contributed by atoms with Crippen LogP contribution in [-0.4, -0.2) is 31.8 Å². The predicted octanol–water partition coefficient (Wildman–Crippen LogP) is 2.31. The number of hydrogen-bond acceptors (Lipinski definition) is 6. The Hall–Kier alpha value is -3.30. The van der Waals surface area contributed by atoms with Gasteiger partial charge in [-0.1, -0.05) is 18.2 Å². The zero-order valence-corrected chi connectivity index (χ0v) is 14.5. The van der Waals surface area contributed by atoms with E-state index in [9.17, 15) is 9.59 Å². The molecule has 0 spiro atoms. The molecule has 132 valence electrons. The molecule has 3 rings (SSSR count). The van der Waals surface area contributed by atoms with Crippen LogP contribution in [0.5, 0.6) is 0 Å². The number of anilines is 1. The molecule has 0 saturated heterocycles. The van der Waals surface area contributed by atoms with Crippen molar-refractivity contribution in [3.05, 3.63) is 59.4 Å². The fourth-order valence-electron chi connectivity index (χ4n) is 2.19. The van der Waals surface area contributed by atoms with Crippen molar-refractivity contribution in [2.75, 3.05) is 5.32 Å². The van der Waals surface area contributed by atoms with Gasteiger partial charge in [0.2, 0.25) is 0 Å². The summed E-state index contributed by atoms with van der Waals surface area (Å²) in [6.45, 7) is 0. The third-order valence-corrected chi connectivity index (χ3v) is 4.46. The summed E-state index contributed by atoms with van der Waals surface area (Å²) in [5, 5.41) is 16.1. The minimum atomic E-state index is -0.658. The number of benzene rings is 1. The quantitative estimate of drug-likeness (QED) is 0.363. The third kappa shape index (κ3) is 4.02. The van der Waals surface area contributed by atoms with Crippen molar-refractivity contribution in [1.29, 1.82) is 0 Å². The maximum atomic E-state index is 12.5. The summed E-state index contributed by atoms with van der Waals surface area (Å²) in [7, 11) is 1.81. The van der Waals surface area contributed by atoms with Crippen LogP contribution in [0.25, 0.3) is 16.6 Å². The molecule has 2 heterocycles. The van der Waals surface area contributed by atoms with E-state index in [2.05, 4.69) is 15.4 Å². The summed E-state index contributed by atoms with van der Waals surface area (Å²) in [5.74, 6) is -0.959. The van der Waals surface area contributed by atoms with E-state index in [1.807, 2.05) is 13.2 Å². The van der Waals surface area contributed by atoms with Crippen molar-refractivity contribution in [2.24, 2.45) is 7.05 Å². The van der Waals surface area contributed by atoms with Gasteiger partial charge in [0, 0.05) is 30.6 Å². The highest BCUT2D eigenvalue weighted by Crippen LogP contribution is 2.26. The van der Waals surface area contributed by atoms with Crippen molar-refractivity contribution >= 4 is 34.9 Å². The SMILES string of the molecule is Cn1cc(-c2ncc(C(=O)Nc3ccccc3C=CC(=O)NO)s2)cn1. The molecule has 0 fully saturated rings. The van der Waals surface area contributed by atoms with Crippen molar-refractivity contribution < 1.29 is 14.8 Å². The van der Waals surface area contributed by atoms with Crippen LogP contribution in [0.15, 0.2) is 48.9 Å². The Balaban J connectivity index is 1.77. The van der Waals surface area contributed by atoms with Gasteiger partial charge < -0.3 is 5.32 Å². The molecule has 0 aliphatic rings. The largest absolute Gasteiger partial charge is 0.321 e. The maximum Gasteiger partial charge on any atom is 0.267 e. The topological polar surface area (TPSA) is 109 Å². The minimum Gasteiger partial charge on any atom is -0.321 e. The number of para-hydroxylation sites is 1. The van der Waals surface area contributed by atoms with Gasteiger partial charge in [-0.3, -0.25) is 19.5 Å². The number of nitrogens with zero attached hydrogens (tertiary/aromatic N) is 3. The first-order chi connectivity index (χ1) is 12.6. The number of hydrogen-bond donors (Lipinski definition) is 3. The molecule has 1 aromatic carbocycles. The average molecular weight is 369 g/mol. The molecule has 0 bridgehead atoms. The molecule has 2 amide bonds. The van der Waals surface area contributed by atoms with Crippen LogP contribution >= 0.6 is 11.3 Å². The summed E-state index contributed by atoms with van der Waals surface area (Å²) in [6, 6.07) is 7.01. The van der Waals surface area contributed by atoms with Crippen LogP contribution in [0, 0.1) is 0 Å². The highest BCUT2D eigenvalue weighted by Gasteiger charge is 2.14. The number of carbonyl (C=O) groups excluding carboxylic acids is 2. The monoisotopic (exact) mass is 369 g/mol. The molecule has 9 heteroatoms. The molecule has 26 heavy (non-hydrogen) atoms. The lowest BCUT2D eigenvalue weighted by Gasteiger charge is -2.07. The Bertz CT molecular complexity index is 976. The van der Waals surface area contributed by atoms with Crippen LogP contribution < -0.4 is 10.8 Å². The van der Waals surface area contributed by atoms with E-state index in [4.69, 9.17) is 5.21 Å². The van der Waals surface area contributed by atoms with Gasteiger partial charge in [-0.05, 0) is 17.7 Å². The second-order valence-corrected chi connectivity index (χ2v) is 6.31. The lowest BCUT2D eigenvalue weighted by atomic mass is 10.1. The van der Waals surface area contributed by atoms with Gasteiger partial charge in [0.25, 0.3) is 11.8 Å². The number of aryl methyl sites for hydroxylation is 1. The van der Waals surface area contributed by atoms with Gasteiger partial charge in [0.05, 0.1) is 12.4 Å². The van der Waals surface area contributed by atoms with Crippen LogP contribution in [0.4, 0.5) is 5.69 Å².